The van der Waals surface area contributed by atoms with Crippen LogP contribution in [-0.4, -0.2) is 30.3 Å². The molecule has 0 aromatic carbocycles. The van der Waals surface area contributed by atoms with Gasteiger partial charge < -0.3 is 4.90 Å². The number of hydrogen-bond donors (Lipinski definition) is 0. The standard InChI is InChI=1S/C8H16N2S/c1-5-11-7-10(4)8(2)6-9-3/h6H,3,5,7H2,1-2,4H3/b8-6-. The summed E-state index contributed by atoms with van der Waals surface area (Å²) in [7, 11) is 2.06. The molecule has 0 unspecified atom stereocenters. The van der Waals surface area contributed by atoms with Crippen molar-refractivity contribution in [2.45, 2.75) is 13.8 Å². The number of aliphatic imine (C=N–C) groups is 1. The molecule has 0 fully saturated rings. The van der Waals surface area contributed by atoms with Crippen LogP contribution in [0.15, 0.2) is 16.9 Å². The molecule has 0 saturated heterocycles. The molecule has 3 heteroatoms. The molecule has 0 rings (SSSR count). The van der Waals surface area contributed by atoms with Crippen LogP contribution < -0.4 is 0 Å². The van der Waals surface area contributed by atoms with Crippen molar-refractivity contribution in [2.75, 3.05) is 18.7 Å². The van der Waals surface area contributed by atoms with Gasteiger partial charge in [-0.1, -0.05) is 6.92 Å². The molecule has 0 aliphatic carbocycles. The van der Waals surface area contributed by atoms with E-state index in [0.717, 1.165) is 17.3 Å². The second-order valence-corrected chi connectivity index (χ2v) is 3.52. The van der Waals surface area contributed by atoms with Crippen LogP contribution >= 0.6 is 11.8 Å². The minimum absolute atomic E-state index is 1.02. The lowest BCUT2D eigenvalue weighted by Crippen LogP contribution is -2.14. The van der Waals surface area contributed by atoms with E-state index in [1.54, 1.807) is 6.20 Å². The van der Waals surface area contributed by atoms with Gasteiger partial charge in [-0.3, -0.25) is 4.99 Å². The second kappa shape index (κ2) is 6.28. The highest BCUT2D eigenvalue weighted by molar-refractivity contribution is 7.99. The highest BCUT2D eigenvalue weighted by Crippen LogP contribution is 2.07. The van der Waals surface area contributed by atoms with E-state index in [0.29, 0.717) is 0 Å². The zero-order valence-corrected chi connectivity index (χ0v) is 8.32. The maximum absolute atomic E-state index is 3.70. The number of allylic oxidation sites excluding steroid dienone is 1. The van der Waals surface area contributed by atoms with Gasteiger partial charge >= 0.3 is 0 Å². The van der Waals surface area contributed by atoms with Gasteiger partial charge in [-0.25, -0.2) is 0 Å². The van der Waals surface area contributed by atoms with Crippen LogP contribution in [0.2, 0.25) is 0 Å². The molecule has 0 aromatic rings. The molecule has 0 heterocycles. The van der Waals surface area contributed by atoms with Crippen LogP contribution in [0, 0.1) is 0 Å². The van der Waals surface area contributed by atoms with Crippen molar-refractivity contribution in [3.63, 3.8) is 0 Å². The average Bonchev–Trinajstić information content (AvgIpc) is 2.00. The van der Waals surface area contributed by atoms with Crippen molar-refractivity contribution in [3.8, 4) is 0 Å². The van der Waals surface area contributed by atoms with Crippen LogP contribution in [-0.2, 0) is 0 Å². The lowest BCUT2D eigenvalue weighted by Gasteiger charge is -2.17. The summed E-state index contributed by atoms with van der Waals surface area (Å²) in [5.41, 5.74) is 1.15. The molecule has 0 aliphatic heterocycles. The molecule has 2 nitrogen and oxygen atoms in total. The third-order valence-electron chi connectivity index (χ3n) is 1.37. The van der Waals surface area contributed by atoms with Crippen LogP contribution in [0.1, 0.15) is 13.8 Å². The molecule has 0 aliphatic rings. The molecule has 0 saturated carbocycles. The highest BCUT2D eigenvalue weighted by Gasteiger charge is 1.95. The van der Waals surface area contributed by atoms with Gasteiger partial charge in [0.15, 0.2) is 0 Å². The first-order valence-electron chi connectivity index (χ1n) is 3.63. The van der Waals surface area contributed by atoms with Crippen LogP contribution in [0.3, 0.4) is 0 Å². The fourth-order valence-electron chi connectivity index (χ4n) is 0.561. The van der Waals surface area contributed by atoms with Crippen molar-refractivity contribution >= 4 is 18.5 Å². The number of hydrogen-bond acceptors (Lipinski definition) is 3. The zero-order valence-electron chi connectivity index (χ0n) is 7.50. The van der Waals surface area contributed by atoms with Crippen molar-refractivity contribution in [1.29, 1.82) is 0 Å². The van der Waals surface area contributed by atoms with Crippen LogP contribution in [0.4, 0.5) is 0 Å². The number of nitrogens with zero attached hydrogens (tertiary/aromatic N) is 2. The fourth-order valence-corrected chi connectivity index (χ4v) is 1.22. The number of thioether (sulfide) groups is 1. The van der Waals surface area contributed by atoms with Gasteiger partial charge in [0.1, 0.15) is 0 Å². The van der Waals surface area contributed by atoms with E-state index < -0.39 is 0 Å². The second-order valence-electron chi connectivity index (χ2n) is 2.27. The molecule has 0 radical (unpaired) electrons. The summed E-state index contributed by atoms with van der Waals surface area (Å²) < 4.78 is 0. The Hall–Kier alpha value is -0.440. The first kappa shape index (κ1) is 10.6. The van der Waals surface area contributed by atoms with E-state index in [-0.39, 0.29) is 0 Å². The largest absolute Gasteiger partial charge is 0.368 e. The van der Waals surface area contributed by atoms with Crippen molar-refractivity contribution in [1.82, 2.24) is 4.90 Å². The van der Waals surface area contributed by atoms with Gasteiger partial charge in [0, 0.05) is 18.9 Å². The van der Waals surface area contributed by atoms with Gasteiger partial charge in [0.25, 0.3) is 0 Å². The predicted octanol–water partition coefficient (Wildman–Crippen LogP) is 2.19. The summed E-state index contributed by atoms with van der Waals surface area (Å²) in [4.78, 5) is 5.86. The predicted molar refractivity (Wildman–Crippen MR) is 54.1 cm³/mol. The molecule has 0 N–H and O–H groups in total. The molecule has 11 heavy (non-hydrogen) atoms. The Morgan fingerprint density at radius 2 is 2.36 bits per heavy atom. The van der Waals surface area contributed by atoms with Gasteiger partial charge in [-0.15, -0.1) is 11.8 Å². The Morgan fingerprint density at radius 3 is 2.82 bits per heavy atom. The average molecular weight is 172 g/mol. The Labute approximate surface area is 73.4 Å². The first-order chi connectivity index (χ1) is 5.22. The summed E-state index contributed by atoms with van der Waals surface area (Å²) in [6.07, 6.45) is 1.77. The monoisotopic (exact) mass is 172 g/mol. The Kier molecular flexibility index (Phi) is 6.03. The molecule has 0 aromatic heterocycles. The van der Waals surface area contributed by atoms with E-state index in [1.165, 1.54) is 0 Å². The Morgan fingerprint density at radius 1 is 1.73 bits per heavy atom. The molecule has 64 valence electrons. The van der Waals surface area contributed by atoms with Crippen molar-refractivity contribution in [3.05, 3.63) is 11.9 Å². The maximum Gasteiger partial charge on any atom is 0.0633 e. The quantitative estimate of drug-likeness (QED) is 0.466. The van der Waals surface area contributed by atoms with Crippen LogP contribution in [0.25, 0.3) is 0 Å². The molecule has 0 bridgehead atoms. The smallest absolute Gasteiger partial charge is 0.0633 e. The van der Waals surface area contributed by atoms with E-state index in [9.17, 15) is 0 Å². The third-order valence-corrected chi connectivity index (χ3v) is 2.35. The molecule has 0 amide bonds. The zero-order chi connectivity index (χ0) is 8.69. The molecular formula is C8H16N2S. The summed E-state index contributed by atoms with van der Waals surface area (Å²) in [6, 6.07) is 0. The minimum Gasteiger partial charge on any atom is -0.368 e. The lowest BCUT2D eigenvalue weighted by atomic mass is 10.5. The summed E-state index contributed by atoms with van der Waals surface area (Å²) >= 11 is 1.89. The van der Waals surface area contributed by atoms with Crippen molar-refractivity contribution < 1.29 is 0 Å². The summed E-state index contributed by atoms with van der Waals surface area (Å²) in [5, 5.41) is 0. The number of rotatable bonds is 5. The van der Waals surface area contributed by atoms with E-state index >= 15 is 0 Å². The lowest BCUT2D eigenvalue weighted by molar-refractivity contribution is 0.493. The third kappa shape index (κ3) is 4.90. The first-order valence-corrected chi connectivity index (χ1v) is 4.79. The Balaban J connectivity index is 3.72. The highest BCUT2D eigenvalue weighted by atomic mass is 32.2. The summed E-state index contributed by atoms with van der Waals surface area (Å²) in [6.45, 7) is 7.59. The molecular weight excluding hydrogens is 156 g/mol. The van der Waals surface area contributed by atoms with Gasteiger partial charge in [0.05, 0.1) is 5.88 Å². The van der Waals surface area contributed by atoms with E-state index in [2.05, 4.69) is 30.6 Å². The van der Waals surface area contributed by atoms with E-state index in [1.807, 2.05) is 18.7 Å². The van der Waals surface area contributed by atoms with Crippen molar-refractivity contribution in [2.24, 2.45) is 4.99 Å². The summed E-state index contributed by atoms with van der Waals surface area (Å²) in [5.74, 6) is 2.17. The molecule has 0 spiro atoms. The van der Waals surface area contributed by atoms with Gasteiger partial charge in [0.2, 0.25) is 0 Å². The van der Waals surface area contributed by atoms with E-state index in [4.69, 9.17) is 0 Å². The SMILES string of the molecule is C=N/C=C(/C)N(C)CSCC. The fraction of sp³-hybridized carbons (Fsp3) is 0.625. The normalized spacial score (nSPS) is 11.4. The topological polar surface area (TPSA) is 15.6 Å². The Bertz CT molecular complexity index is 143. The minimum atomic E-state index is 1.02. The van der Waals surface area contributed by atoms with Crippen LogP contribution in [0.5, 0.6) is 0 Å². The molecule has 0 atom stereocenters. The maximum atomic E-state index is 3.70. The van der Waals surface area contributed by atoms with Gasteiger partial charge in [-0.05, 0) is 19.4 Å². The van der Waals surface area contributed by atoms with Gasteiger partial charge in [-0.2, -0.15) is 0 Å².